The molecule has 7 nitrogen and oxygen atoms in total. The van der Waals surface area contributed by atoms with Gasteiger partial charge in [0.2, 0.25) is 5.91 Å². The van der Waals surface area contributed by atoms with Gasteiger partial charge in [0.1, 0.15) is 0 Å². The number of hydrogen-bond acceptors (Lipinski definition) is 5. The minimum Gasteiger partial charge on any atom is -0.342 e. The number of rotatable bonds is 8. The molecule has 0 aliphatic rings. The van der Waals surface area contributed by atoms with Crippen LogP contribution in [0.25, 0.3) is 0 Å². The second-order valence-corrected chi connectivity index (χ2v) is 10.0. The Kier molecular flexibility index (Phi) is 8.31. The SMILES string of the molecule is Cc1ccc(C(=O)N[C@H](C)c2nnc(SCC(=O)Nc3ccc(Br)cc3C(C)C)n2C)cc1. The summed E-state index contributed by atoms with van der Waals surface area (Å²) in [6.45, 7) is 8.02. The minimum atomic E-state index is -0.337. The molecule has 0 aliphatic carbocycles. The molecular weight excluding hydrogens is 502 g/mol. The summed E-state index contributed by atoms with van der Waals surface area (Å²) in [5.41, 5.74) is 3.57. The number of anilines is 1. The molecule has 0 radical (unpaired) electrons. The van der Waals surface area contributed by atoms with E-state index in [-0.39, 0.29) is 29.5 Å². The van der Waals surface area contributed by atoms with Crippen molar-refractivity contribution >= 4 is 45.2 Å². The number of thioether (sulfide) groups is 1. The van der Waals surface area contributed by atoms with Gasteiger partial charge in [-0.3, -0.25) is 9.59 Å². The largest absolute Gasteiger partial charge is 0.342 e. The average molecular weight is 530 g/mol. The maximum Gasteiger partial charge on any atom is 0.251 e. The Bertz CT molecular complexity index is 1140. The molecule has 2 amide bonds. The summed E-state index contributed by atoms with van der Waals surface area (Å²) in [7, 11) is 1.83. The van der Waals surface area contributed by atoms with Crippen LogP contribution >= 0.6 is 27.7 Å². The van der Waals surface area contributed by atoms with E-state index in [0.717, 1.165) is 21.3 Å². The van der Waals surface area contributed by atoms with E-state index in [1.165, 1.54) is 11.8 Å². The Hall–Kier alpha value is -2.65. The van der Waals surface area contributed by atoms with Crippen LogP contribution in [0.4, 0.5) is 5.69 Å². The van der Waals surface area contributed by atoms with E-state index in [9.17, 15) is 9.59 Å². The van der Waals surface area contributed by atoms with Gasteiger partial charge in [-0.2, -0.15) is 0 Å². The van der Waals surface area contributed by atoms with E-state index in [4.69, 9.17) is 0 Å². The Morgan fingerprint density at radius 3 is 2.45 bits per heavy atom. The molecule has 1 heterocycles. The van der Waals surface area contributed by atoms with Crippen molar-refractivity contribution in [2.75, 3.05) is 11.1 Å². The molecule has 3 aromatic rings. The Morgan fingerprint density at radius 2 is 1.79 bits per heavy atom. The number of benzene rings is 2. The van der Waals surface area contributed by atoms with Gasteiger partial charge in [-0.05, 0) is 55.7 Å². The number of halogens is 1. The highest BCUT2D eigenvalue weighted by atomic mass is 79.9. The zero-order valence-electron chi connectivity index (χ0n) is 19.3. The number of carbonyl (C=O) groups is 2. The van der Waals surface area contributed by atoms with Crippen molar-refractivity contribution in [1.29, 1.82) is 0 Å². The summed E-state index contributed by atoms with van der Waals surface area (Å²) in [5.74, 6) is 0.810. The predicted molar refractivity (Wildman–Crippen MR) is 136 cm³/mol. The first-order valence-electron chi connectivity index (χ1n) is 10.6. The number of nitrogens with zero attached hydrogens (tertiary/aromatic N) is 3. The number of nitrogens with one attached hydrogen (secondary N) is 2. The topological polar surface area (TPSA) is 88.9 Å². The molecular formula is C24H28BrN5O2S. The number of amides is 2. The summed E-state index contributed by atoms with van der Waals surface area (Å²) in [6.07, 6.45) is 0. The molecule has 0 unspecified atom stereocenters. The lowest BCUT2D eigenvalue weighted by Crippen LogP contribution is -2.28. The minimum absolute atomic E-state index is 0.116. The van der Waals surface area contributed by atoms with Crippen molar-refractivity contribution in [3.8, 4) is 0 Å². The summed E-state index contributed by atoms with van der Waals surface area (Å²) >= 11 is 4.79. The van der Waals surface area contributed by atoms with Gasteiger partial charge in [0.05, 0.1) is 11.8 Å². The summed E-state index contributed by atoms with van der Waals surface area (Å²) < 4.78 is 2.78. The number of aromatic nitrogens is 3. The van der Waals surface area contributed by atoms with Crippen molar-refractivity contribution in [3.05, 3.63) is 69.5 Å². The molecule has 0 bridgehead atoms. The molecule has 33 heavy (non-hydrogen) atoms. The van der Waals surface area contributed by atoms with Crippen LogP contribution in [-0.2, 0) is 11.8 Å². The van der Waals surface area contributed by atoms with Gasteiger partial charge < -0.3 is 15.2 Å². The third-order valence-electron chi connectivity index (χ3n) is 5.16. The lowest BCUT2D eigenvalue weighted by atomic mass is 10.0. The number of aryl methyl sites for hydroxylation is 1. The predicted octanol–water partition coefficient (Wildman–Crippen LogP) is 5.23. The lowest BCUT2D eigenvalue weighted by molar-refractivity contribution is -0.113. The average Bonchev–Trinajstić information content (AvgIpc) is 3.14. The lowest BCUT2D eigenvalue weighted by Gasteiger charge is -2.15. The molecule has 9 heteroatoms. The van der Waals surface area contributed by atoms with Gasteiger partial charge in [0, 0.05) is 22.8 Å². The van der Waals surface area contributed by atoms with E-state index in [1.54, 1.807) is 16.7 Å². The fourth-order valence-electron chi connectivity index (χ4n) is 3.32. The first-order valence-corrected chi connectivity index (χ1v) is 12.4. The second kappa shape index (κ2) is 11.0. The van der Waals surface area contributed by atoms with Gasteiger partial charge in [0.25, 0.3) is 5.91 Å². The summed E-state index contributed by atoms with van der Waals surface area (Å²) in [5, 5.41) is 15.0. The number of hydrogen-bond donors (Lipinski definition) is 2. The van der Waals surface area contributed by atoms with Gasteiger partial charge in [-0.15, -0.1) is 10.2 Å². The Morgan fingerprint density at radius 1 is 1.09 bits per heavy atom. The third kappa shape index (κ3) is 6.45. The highest BCUT2D eigenvalue weighted by Gasteiger charge is 2.19. The van der Waals surface area contributed by atoms with Crippen molar-refractivity contribution in [2.45, 2.75) is 44.8 Å². The molecule has 0 spiro atoms. The fraction of sp³-hybridized carbons (Fsp3) is 0.333. The van der Waals surface area contributed by atoms with Crippen molar-refractivity contribution in [1.82, 2.24) is 20.1 Å². The molecule has 1 aromatic heterocycles. The third-order valence-corrected chi connectivity index (χ3v) is 6.67. The molecule has 2 N–H and O–H groups in total. The van der Waals surface area contributed by atoms with Gasteiger partial charge in [0.15, 0.2) is 11.0 Å². The maximum atomic E-state index is 12.6. The van der Waals surface area contributed by atoms with Gasteiger partial charge in [-0.25, -0.2) is 0 Å². The van der Waals surface area contributed by atoms with Crippen LogP contribution in [0, 0.1) is 6.92 Å². The van der Waals surface area contributed by atoms with Crippen LogP contribution < -0.4 is 10.6 Å². The molecule has 0 aliphatic heterocycles. The van der Waals surface area contributed by atoms with Crippen LogP contribution in [0.3, 0.4) is 0 Å². The first-order chi connectivity index (χ1) is 15.7. The Balaban J connectivity index is 1.60. The normalized spacial score (nSPS) is 12.0. The van der Waals surface area contributed by atoms with Crippen LogP contribution in [0.2, 0.25) is 0 Å². The molecule has 174 valence electrons. The van der Waals surface area contributed by atoms with Crippen LogP contribution in [0.1, 0.15) is 60.0 Å². The van der Waals surface area contributed by atoms with E-state index in [2.05, 4.69) is 50.6 Å². The zero-order valence-corrected chi connectivity index (χ0v) is 21.8. The quantitative estimate of drug-likeness (QED) is 0.390. The highest BCUT2D eigenvalue weighted by molar-refractivity contribution is 9.10. The van der Waals surface area contributed by atoms with E-state index >= 15 is 0 Å². The van der Waals surface area contributed by atoms with Crippen molar-refractivity contribution in [2.24, 2.45) is 7.05 Å². The van der Waals surface area contributed by atoms with Gasteiger partial charge in [-0.1, -0.05) is 59.2 Å². The molecule has 2 aromatic carbocycles. The van der Waals surface area contributed by atoms with Crippen LogP contribution in [0.15, 0.2) is 52.1 Å². The molecule has 1 atom stereocenters. The Labute approximate surface area is 206 Å². The number of carbonyl (C=O) groups excluding carboxylic acids is 2. The summed E-state index contributed by atoms with van der Waals surface area (Å²) in [6, 6.07) is 12.9. The maximum absolute atomic E-state index is 12.6. The standard InChI is InChI=1S/C24H28BrN5O2S/c1-14(2)19-12-18(25)10-11-20(19)27-21(31)13-33-24-29-28-22(30(24)5)16(4)26-23(32)17-8-6-15(3)7-9-17/h6-12,14,16H,13H2,1-5H3,(H,26,32)(H,27,31)/t16-/m1/s1. The summed E-state index contributed by atoms with van der Waals surface area (Å²) in [4.78, 5) is 25.1. The van der Waals surface area contributed by atoms with E-state index in [0.29, 0.717) is 16.5 Å². The smallest absolute Gasteiger partial charge is 0.251 e. The van der Waals surface area contributed by atoms with E-state index < -0.39 is 0 Å². The highest BCUT2D eigenvalue weighted by Crippen LogP contribution is 2.28. The van der Waals surface area contributed by atoms with E-state index in [1.807, 2.05) is 51.2 Å². The van der Waals surface area contributed by atoms with Gasteiger partial charge >= 0.3 is 0 Å². The van der Waals surface area contributed by atoms with Crippen LogP contribution in [-0.4, -0.2) is 32.3 Å². The van der Waals surface area contributed by atoms with Crippen molar-refractivity contribution in [3.63, 3.8) is 0 Å². The van der Waals surface area contributed by atoms with Crippen LogP contribution in [0.5, 0.6) is 0 Å². The molecule has 3 rings (SSSR count). The van der Waals surface area contributed by atoms with Crippen molar-refractivity contribution < 1.29 is 9.59 Å². The zero-order chi connectivity index (χ0) is 24.1. The fourth-order valence-corrected chi connectivity index (χ4v) is 4.42. The first kappa shape index (κ1) is 25.0. The molecule has 0 saturated carbocycles. The molecule has 0 fully saturated rings. The monoisotopic (exact) mass is 529 g/mol. The molecule has 0 saturated heterocycles. The second-order valence-electron chi connectivity index (χ2n) is 8.18.